The predicted octanol–water partition coefficient (Wildman–Crippen LogP) is 2.75. The van der Waals surface area contributed by atoms with Gasteiger partial charge in [-0.3, -0.25) is 4.79 Å². The number of hydrogen-bond donors (Lipinski definition) is 1. The van der Waals surface area contributed by atoms with Crippen LogP contribution in [0.25, 0.3) is 0 Å². The van der Waals surface area contributed by atoms with Crippen molar-refractivity contribution in [2.24, 2.45) is 10.8 Å². The summed E-state index contributed by atoms with van der Waals surface area (Å²) < 4.78 is 0. The summed E-state index contributed by atoms with van der Waals surface area (Å²) in [6.45, 7) is 7.39. The van der Waals surface area contributed by atoms with Crippen LogP contribution in [0.1, 0.15) is 52.4 Å². The Balaban J connectivity index is 1.99. The summed E-state index contributed by atoms with van der Waals surface area (Å²) in [4.78, 5) is 14.0. The molecule has 0 aromatic carbocycles. The Morgan fingerprint density at radius 3 is 2.06 bits per heavy atom. The summed E-state index contributed by atoms with van der Waals surface area (Å²) >= 11 is 0. The van der Waals surface area contributed by atoms with E-state index < -0.39 is 11.4 Å². The van der Waals surface area contributed by atoms with Crippen molar-refractivity contribution < 1.29 is 9.90 Å². The second kappa shape index (κ2) is 4.60. The van der Waals surface area contributed by atoms with Crippen LogP contribution in [0.15, 0.2) is 0 Å². The van der Waals surface area contributed by atoms with Gasteiger partial charge in [-0.2, -0.15) is 0 Å². The molecule has 0 atom stereocenters. The van der Waals surface area contributed by atoms with Crippen LogP contribution in [-0.2, 0) is 4.79 Å². The highest BCUT2D eigenvalue weighted by Gasteiger charge is 2.44. The van der Waals surface area contributed by atoms with E-state index in [1.54, 1.807) is 0 Å². The van der Waals surface area contributed by atoms with Gasteiger partial charge in [-0.15, -0.1) is 0 Å². The SMILES string of the molecule is CC1(C)CN(CC2(C(=O)O)CCCCCC2)C1. The molecule has 0 amide bonds. The van der Waals surface area contributed by atoms with E-state index in [2.05, 4.69) is 18.7 Å². The molecule has 0 radical (unpaired) electrons. The van der Waals surface area contributed by atoms with E-state index in [1.807, 2.05) is 0 Å². The summed E-state index contributed by atoms with van der Waals surface area (Å²) in [7, 11) is 0. The molecule has 2 aliphatic rings. The van der Waals surface area contributed by atoms with Gasteiger partial charge >= 0.3 is 5.97 Å². The van der Waals surface area contributed by atoms with E-state index in [-0.39, 0.29) is 0 Å². The number of aliphatic carboxylic acids is 1. The maximum Gasteiger partial charge on any atom is 0.310 e. The summed E-state index contributed by atoms with van der Waals surface area (Å²) in [5.41, 5.74) is -0.0581. The summed E-state index contributed by atoms with van der Waals surface area (Å²) in [6, 6.07) is 0. The van der Waals surface area contributed by atoms with Crippen LogP contribution in [0.3, 0.4) is 0 Å². The highest BCUT2D eigenvalue weighted by molar-refractivity contribution is 5.75. The first-order valence-corrected chi connectivity index (χ1v) is 6.89. The minimum absolute atomic E-state index is 0.393. The Morgan fingerprint density at radius 1 is 1.12 bits per heavy atom. The Kier molecular flexibility index (Phi) is 3.48. The monoisotopic (exact) mass is 239 g/mol. The molecule has 1 aliphatic heterocycles. The highest BCUT2D eigenvalue weighted by Crippen LogP contribution is 2.39. The fourth-order valence-electron chi connectivity index (χ4n) is 3.55. The molecule has 0 spiro atoms. The molecule has 0 bridgehead atoms. The number of carbonyl (C=O) groups is 1. The van der Waals surface area contributed by atoms with Crippen LogP contribution in [0, 0.1) is 10.8 Å². The van der Waals surface area contributed by atoms with Crippen LogP contribution in [0.4, 0.5) is 0 Å². The molecule has 1 saturated carbocycles. The van der Waals surface area contributed by atoms with Crippen LogP contribution < -0.4 is 0 Å². The smallest absolute Gasteiger partial charge is 0.310 e. The standard InChI is InChI=1S/C14H25NO2/c1-13(2)9-15(10-13)11-14(12(16)17)7-5-3-4-6-8-14/h3-11H2,1-2H3,(H,16,17). The number of carboxylic acid groups (broad SMARTS) is 1. The van der Waals surface area contributed by atoms with Crippen molar-refractivity contribution >= 4 is 5.97 Å². The minimum Gasteiger partial charge on any atom is -0.481 e. The molecule has 1 heterocycles. The largest absolute Gasteiger partial charge is 0.481 e. The third kappa shape index (κ3) is 2.82. The third-order valence-corrected chi connectivity index (χ3v) is 4.34. The fourth-order valence-corrected chi connectivity index (χ4v) is 3.55. The molecule has 2 fully saturated rings. The third-order valence-electron chi connectivity index (χ3n) is 4.34. The topological polar surface area (TPSA) is 40.5 Å². The Morgan fingerprint density at radius 2 is 1.65 bits per heavy atom. The number of carboxylic acids is 1. The van der Waals surface area contributed by atoms with Gasteiger partial charge in [0.05, 0.1) is 5.41 Å². The molecule has 0 aromatic heterocycles. The number of hydrogen-bond acceptors (Lipinski definition) is 2. The maximum absolute atomic E-state index is 11.6. The molecular weight excluding hydrogens is 214 g/mol. The van der Waals surface area contributed by atoms with E-state index >= 15 is 0 Å². The first-order chi connectivity index (χ1) is 7.94. The molecule has 0 unspecified atom stereocenters. The molecular formula is C14H25NO2. The van der Waals surface area contributed by atoms with Gasteiger partial charge in [0.1, 0.15) is 0 Å². The lowest BCUT2D eigenvalue weighted by molar-refractivity contribution is -0.153. The molecule has 3 heteroatoms. The van der Waals surface area contributed by atoms with Crippen molar-refractivity contribution in [3.8, 4) is 0 Å². The lowest BCUT2D eigenvalue weighted by Gasteiger charge is -2.49. The quantitative estimate of drug-likeness (QED) is 0.770. The summed E-state index contributed by atoms with van der Waals surface area (Å²) in [6.07, 6.45) is 6.34. The van der Waals surface area contributed by atoms with Crippen molar-refractivity contribution in [3.05, 3.63) is 0 Å². The first kappa shape index (κ1) is 12.9. The molecule has 2 rings (SSSR count). The molecule has 98 valence electrons. The maximum atomic E-state index is 11.6. The zero-order valence-corrected chi connectivity index (χ0v) is 11.2. The van der Waals surface area contributed by atoms with Crippen molar-refractivity contribution in [2.45, 2.75) is 52.4 Å². The number of nitrogens with zero attached hydrogens (tertiary/aromatic N) is 1. The number of rotatable bonds is 3. The van der Waals surface area contributed by atoms with Gasteiger partial charge in [-0.1, -0.05) is 39.5 Å². The van der Waals surface area contributed by atoms with Crippen LogP contribution >= 0.6 is 0 Å². The van der Waals surface area contributed by atoms with E-state index in [1.165, 1.54) is 12.8 Å². The van der Waals surface area contributed by atoms with Gasteiger partial charge < -0.3 is 10.0 Å². The lowest BCUT2D eigenvalue weighted by Crippen LogP contribution is -2.57. The van der Waals surface area contributed by atoms with E-state index in [4.69, 9.17) is 0 Å². The summed E-state index contributed by atoms with van der Waals surface area (Å²) in [5, 5.41) is 9.59. The fraction of sp³-hybridized carbons (Fsp3) is 0.929. The van der Waals surface area contributed by atoms with Crippen molar-refractivity contribution in [2.75, 3.05) is 19.6 Å². The molecule has 1 saturated heterocycles. The van der Waals surface area contributed by atoms with Crippen molar-refractivity contribution in [1.82, 2.24) is 4.90 Å². The van der Waals surface area contributed by atoms with Gasteiger partial charge in [-0.25, -0.2) is 0 Å². The Bertz CT molecular complexity index is 283. The second-order valence-corrected chi connectivity index (χ2v) is 6.81. The predicted molar refractivity (Wildman–Crippen MR) is 68.0 cm³/mol. The van der Waals surface area contributed by atoms with Gasteiger partial charge in [0.25, 0.3) is 0 Å². The normalized spacial score (nSPS) is 28.1. The van der Waals surface area contributed by atoms with Gasteiger partial charge in [0.15, 0.2) is 0 Å². The molecule has 0 aromatic rings. The molecule has 17 heavy (non-hydrogen) atoms. The van der Waals surface area contributed by atoms with Crippen LogP contribution in [-0.4, -0.2) is 35.6 Å². The first-order valence-electron chi connectivity index (χ1n) is 6.89. The Hall–Kier alpha value is -0.570. The number of likely N-dealkylation sites (tertiary alicyclic amines) is 1. The van der Waals surface area contributed by atoms with Gasteiger partial charge in [0.2, 0.25) is 0 Å². The highest BCUT2D eigenvalue weighted by atomic mass is 16.4. The average Bonchev–Trinajstić information content (AvgIpc) is 2.41. The molecule has 1 N–H and O–H groups in total. The average molecular weight is 239 g/mol. The van der Waals surface area contributed by atoms with Crippen molar-refractivity contribution in [3.63, 3.8) is 0 Å². The zero-order chi connectivity index (χ0) is 12.5. The lowest BCUT2D eigenvalue weighted by atomic mass is 9.76. The molecule has 3 nitrogen and oxygen atoms in total. The van der Waals surface area contributed by atoms with Gasteiger partial charge in [0, 0.05) is 19.6 Å². The van der Waals surface area contributed by atoms with E-state index in [0.717, 1.165) is 45.3 Å². The second-order valence-electron chi connectivity index (χ2n) is 6.81. The van der Waals surface area contributed by atoms with E-state index in [9.17, 15) is 9.90 Å². The van der Waals surface area contributed by atoms with E-state index in [0.29, 0.717) is 5.41 Å². The van der Waals surface area contributed by atoms with Crippen molar-refractivity contribution in [1.29, 1.82) is 0 Å². The van der Waals surface area contributed by atoms with Gasteiger partial charge in [-0.05, 0) is 18.3 Å². The Labute approximate surface area is 104 Å². The van der Waals surface area contributed by atoms with Crippen LogP contribution in [0.5, 0.6) is 0 Å². The molecule has 1 aliphatic carbocycles. The summed E-state index contributed by atoms with van der Waals surface area (Å²) in [5.74, 6) is -0.566. The zero-order valence-electron chi connectivity index (χ0n) is 11.2. The van der Waals surface area contributed by atoms with Crippen LogP contribution in [0.2, 0.25) is 0 Å². The minimum atomic E-state index is -0.566.